The van der Waals surface area contributed by atoms with E-state index >= 15 is 0 Å². The fraction of sp³-hybridized carbons (Fsp3) is 0.684. The van der Waals surface area contributed by atoms with Gasteiger partial charge in [-0.05, 0) is 24.9 Å². The number of nitrogens with one attached hydrogen (secondary N) is 1. The molecule has 2 fully saturated rings. The first kappa shape index (κ1) is 18.8. The molecule has 2 aliphatic heterocycles. The Morgan fingerprint density at radius 3 is 2.40 bits per heavy atom. The van der Waals surface area contributed by atoms with Gasteiger partial charge in [0.2, 0.25) is 0 Å². The van der Waals surface area contributed by atoms with Crippen molar-refractivity contribution in [3.63, 3.8) is 0 Å². The minimum atomic E-state index is -2.79. The number of piperazine rings is 1. The summed E-state index contributed by atoms with van der Waals surface area (Å²) in [5.74, 6) is 1.25. The maximum absolute atomic E-state index is 11.7. The Kier molecular flexibility index (Phi) is 6.15. The van der Waals surface area contributed by atoms with Gasteiger partial charge >= 0.3 is 0 Å². The molecule has 0 spiro atoms. The van der Waals surface area contributed by atoms with Gasteiger partial charge in [0, 0.05) is 44.8 Å². The van der Waals surface area contributed by atoms with Crippen molar-refractivity contribution in [3.05, 3.63) is 35.9 Å². The molecule has 0 bridgehead atoms. The number of sulfone groups is 1. The van der Waals surface area contributed by atoms with Crippen LogP contribution in [0.15, 0.2) is 30.3 Å². The lowest BCUT2D eigenvalue weighted by molar-refractivity contribution is 0.0905. The number of hydrogen-bond acceptors (Lipinski definition) is 5. The molecule has 1 unspecified atom stereocenters. The molecular weight excluding hydrogens is 334 g/mol. The quantitative estimate of drug-likeness (QED) is 0.826. The van der Waals surface area contributed by atoms with Crippen LogP contribution in [-0.4, -0.2) is 75.5 Å². The number of benzene rings is 1. The molecule has 1 aromatic rings. The number of nitrogens with zero attached hydrogens (tertiary/aromatic N) is 2. The number of hydrogen-bond donors (Lipinski definition) is 1. The topological polar surface area (TPSA) is 52.6 Å². The largest absolute Gasteiger partial charge is 0.313 e. The van der Waals surface area contributed by atoms with E-state index in [4.69, 9.17) is 0 Å². The fourth-order valence-electron chi connectivity index (χ4n) is 4.33. The monoisotopic (exact) mass is 365 g/mol. The summed E-state index contributed by atoms with van der Waals surface area (Å²) < 4.78 is 23.4. The molecule has 140 valence electrons. The van der Waals surface area contributed by atoms with Crippen LogP contribution in [0.4, 0.5) is 0 Å². The molecular formula is C19H31N3O2S. The third-order valence-corrected chi connectivity index (χ3v) is 7.47. The van der Waals surface area contributed by atoms with Crippen molar-refractivity contribution >= 4 is 9.84 Å². The maximum atomic E-state index is 11.7. The molecule has 2 saturated heterocycles. The Hall–Kier alpha value is -0.950. The summed E-state index contributed by atoms with van der Waals surface area (Å²) in [4.78, 5) is 4.91. The van der Waals surface area contributed by atoms with Crippen molar-refractivity contribution in [2.24, 2.45) is 5.92 Å². The fourth-order valence-corrected chi connectivity index (χ4v) is 6.09. The average molecular weight is 366 g/mol. The Balaban J connectivity index is 1.50. The first-order valence-electron chi connectivity index (χ1n) is 9.37. The maximum Gasteiger partial charge on any atom is 0.151 e. The second kappa shape index (κ2) is 8.16. The van der Waals surface area contributed by atoms with Gasteiger partial charge in [-0.25, -0.2) is 8.42 Å². The molecule has 25 heavy (non-hydrogen) atoms. The zero-order valence-electron chi connectivity index (χ0n) is 15.4. The van der Waals surface area contributed by atoms with E-state index in [1.165, 1.54) is 5.56 Å². The van der Waals surface area contributed by atoms with Crippen molar-refractivity contribution in [2.75, 3.05) is 51.3 Å². The minimum absolute atomic E-state index is 0.249. The molecule has 5 nitrogen and oxygen atoms in total. The van der Waals surface area contributed by atoms with Gasteiger partial charge in [0.05, 0.1) is 11.5 Å². The van der Waals surface area contributed by atoms with Crippen LogP contribution in [0.3, 0.4) is 0 Å². The predicted molar refractivity (Wildman–Crippen MR) is 102 cm³/mol. The van der Waals surface area contributed by atoms with Crippen LogP contribution in [0.1, 0.15) is 24.9 Å². The Labute approximate surface area is 152 Å². The summed E-state index contributed by atoms with van der Waals surface area (Å²) in [6.07, 6.45) is 0.814. The third-order valence-electron chi connectivity index (χ3n) is 5.72. The third kappa shape index (κ3) is 4.82. The molecule has 2 aliphatic rings. The van der Waals surface area contributed by atoms with Gasteiger partial charge in [0.1, 0.15) is 0 Å². The normalized spacial score (nSPS) is 27.2. The van der Waals surface area contributed by atoms with E-state index in [1.54, 1.807) is 0 Å². The van der Waals surface area contributed by atoms with Gasteiger partial charge in [-0.15, -0.1) is 0 Å². The highest BCUT2D eigenvalue weighted by atomic mass is 32.2. The van der Waals surface area contributed by atoms with Gasteiger partial charge in [-0.2, -0.15) is 0 Å². The number of rotatable bonds is 6. The molecule has 0 amide bonds. The zero-order chi connectivity index (χ0) is 17.9. The van der Waals surface area contributed by atoms with Crippen LogP contribution < -0.4 is 5.32 Å². The predicted octanol–water partition coefficient (Wildman–Crippen LogP) is 1.39. The van der Waals surface area contributed by atoms with Gasteiger partial charge in [-0.1, -0.05) is 37.3 Å². The van der Waals surface area contributed by atoms with Gasteiger partial charge < -0.3 is 10.2 Å². The summed E-state index contributed by atoms with van der Waals surface area (Å²) in [5, 5.41) is 3.47. The van der Waals surface area contributed by atoms with E-state index in [2.05, 4.69) is 52.4 Å². The summed E-state index contributed by atoms with van der Waals surface area (Å²) in [5.41, 5.74) is 1.34. The second-order valence-corrected chi connectivity index (χ2v) is 9.78. The summed E-state index contributed by atoms with van der Waals surface area (Å²) in [7, 11) is -0.752. The molecule has 0 aromatic heterocycles. The Bertz CT molecular complexity index is 642. The van der Waals surface area contributed by atoms with Crippen LogP contribution in [0.5, 0.6) is 0 Å². The van der Waals surface area contributed by atoms with E-state index in [-0.39, 0.29) is 6.04 Å². The van der Waals surface area contributed by atoms with E-state index in [0.29, 0.717) is 23.5 Å². The SMILES string of the molecule is CN[C@@H](c1ccccc1)[C@@H](C)CN1CCN(C2CCS(=O)(=O)C2)CC1. The van der Waals surface area contributed by atoms with Crippen molar-refractivity contribution < 1.29 is 8.42 Å². The molecule has 0 radical (unpaired) electrons. The highest BCUT2D eigenvalue weighted by molar-refractivity contribution is 7.91. The summed E-state index contributed by atoms with van der Waals surface area (Å²) >= 11 is 0. The second-order valence-electron chi connectivity index (χ2n) is 7.55. The Morgan fingerprint density at radius 2 is 1.84 bits per heavy atom. The van der Waals surface area contributed by atoms with Crippen molar-refractivity contribution in [2.45, 2.75) is 25.4 Å². The molecule has 0 aliphatic carbocycles. The van der Waals surface area contributed by atoms with Gasteiger partial charge in [0.15, 0.2) is 9.84 Å². The average Bonchev–Trinajstić information content (AvgIpc) is 2.97. The highest BCUT2D eigenvalue weighted by Crippen LogP contribution is 2.24. The highest BCUT2D eigenvalue weighted by Gasteiger charge is 2.34. The van der Waals surface area contributed by atoms with E-state index in [1.807, 2.05) is 7.05 Å². The van der Waals surface area contributed by atoms with E-state index in [9.17, 15) is 8.42 Å². The zero-order valence-corrected chi connectivity index (χ0v) is 16.2. The van der Waals surface area contributed by atoms with Crippen LogP contribution in [0, 0.1) is 5.92 Å². The molecule has 3 rings (SSSR count). The molecule has 1 N–H and O–H groups in total. The van der Waals surface area contributed by atoms with E-state index in [0.717, 1.165) is 39.1 Å². The van der Waals surface area contributed by atoms with E-state index < -0.39 is 9.84 Å². The van der Waals surface area contributed by atoms with Crippen LogP contribution in [0.25, 0.3) is 0 Å². The Morgan fingerprint density at radius 1 is 1.16 bits per heavy atom. The lowest BCUT2D eigenvalue weighted by Crippen LogP contribution is -2.52. The lowest BCUT2D eigenvalue weighted by Gasteiger charge is -2.39. The van der Waals surface area contributed by atoms with Crippen molar-refractivity contribution in [1.82, 2.24) is 15.1 Å². The first-order chi connectivity index (χ1) is 12.0. The molecule has 2 heterocycles. The van der Waals surface area contributed by atoms with Gasteiger partial charge in [-0.3, -0.25) is 4.90 Å². The molecule has 0 saturated carbocycles. The van der Waals surface area contributed by atoms with Crippen LogP contribution in [-0.2, 0) is 9.84 Å². The lowest BCUT2D eigenvalue weighted by atomic mass is 9.94. The molecule has 1 aromatic carbocycles. The first-order valence-corrected chi connectivity index (χ1v) is 11.2. The molecule has 3 atom stereocenters. The summed E-state index contributed by atoms with van der Waals surface area (Å²) in [6, 6.07) is 11.2. The van der Waals surface area contributed by atoms with Gasteiger partial charge in [0.25, 0.3) is 0 Å². The summed E-state index contributed by atoms with van der Waals surface area (Å²) in [6.45, 7) is 7.42. The molecule has 6 heteroatoms. The van der Waals surface area contributed by atoms with Crippen LogP contribution in [0.2, 0.25) is 0 Å². The van der Waals surface area contributed by atoms with Crippen molar-refractivity contribution in [1.29, 1.82) is 0 Å². The van der Waals surface area contributed by atoms with Crippen LogP contribution >= 0.6 is 0 Å². The smallest absolute Gasteiger partial charge is 0.151 e. The van der Waals surface area contributed by atoms with Crippen molar-refractivity contribution in [3.8, 4) is 0 Å². The standard InChI is InChI=1S/C19H31N3O2S/c1-16(19(20-2)17-6-4-3-5-7-17)14-21-9-11-22(12-10-21)18-8-13-25(23,24)15-18/h3-7,16,18-20H,8-15H2,1-2H3/t16-,18?,19+/m0/s1. The minimum Gasteiger partial charge on any atom is -0.313 e.